The molecule has 2 aromatic rings. The molecule has 0 atom stereocenters. The van der Waals surface area contributed by atoms with Crippen molar-refractivity contribution in [1.29, 1.82) is 0 Å². The van der Waals surface area contributed by atoms with E-state index in [4.69, 9.17) is 9.47 Å². The first kappa shape index (κ1) is 12.2. The normalized spacial score (nSPS) is 10.2. The maximum absolute atomic E-state index is 12.5. The zero-order valence-corrected chi connectivity index (χ0v) is 10.5. The molecule has 5 heteroatoms. The molecule has 2 rings (SSSR count). The Morgan fingerprint density at radius 2 is 1.83 bits per heavy atom. The van der Waals surface area contributed by atoms with Gasteiger partial charge >= 0.3 is 0 Å². The number of benzene rings is 1. The van der Waals surface area contributed by atoms with Crippen molar-refractivity contribution in [3.63, 3.8) is 0 Å². The molecule has 0 fully saturated rings. The van der Waals surface area contributed by atoms with E-state index in [-0.39, 0.29) is 5.78 Å². The zero-order valence-electron chi connectivity index (χ0n) is 10.5. The molecule has 5 nitrogen and oxygen atoms in total. The number of nitrogens with zero attached hydrogens (tertiary/aromatic N) is 2. The maximum atomic E-state index is 12.5. The quantitative estimate of drug-likeness (QED) is 0.770. The van der Waals surface area contributed by atoms with E-state index in [0.29, 0.717) is 22.8 Å². The van der Waals surface area contributed by atoms with Gasteiger partial charge in [0.05, 0.1) is 26.0 Å². The summed E-state index contributed by atoms with van der Waals surface area (Å²) in [5.74, 6) is 0.809. The third kappa shape index (κ3) is 1.95. The van der Waals surface area contributed by atoms with Gasteiger partial charge in [-0.05, 0) is 12.1 Å². The van der Waals surface area contributed by atoms with Gasteiger partial charge in [0, 0.05) is 7.05 Å². The van der Waals surface area contributed by atoms with E-state index in [0.717, 1.165) is 0 Å². The van der Waals surface area contributed by atoms with Gasteiger partial charge in [-0.3, -0.25) is 9.48 Å². The Morgan fingerprint density at radius 3 is 2.50 bits per heavy atom. The first-order chi connectivity index (χ1) is 8.69. The molecule has 94 valence electrons. The molecule has 0 N–H and O–H groups in total. The van der Waals surface area contributed by atoms with Gasteiger partial charge in [0.25, 0.3) is 0 Å². The minimum absolute atomic E-state index is 0.177. The third-order valence-electron chi connectivity index (χ3n) is 2.69. The van der Waals surface area contributed by atoms with Gasteiger partial charge in [-0.25, -0.2) is 0 Å². The van der Waals surface area contributed by atoms with Gasteiger partial charge in [0.2, 0.25) is 5.78 Å². The summed E-state index contributed by atoms with van der Waals surface area (Å²) < 4.78 is 11.8. The fourth-order valence-corrected chi connectivity index (χ4v) is 1.79. The number of carbonyl (C=O) groups is 1. The highest BCUT2D eigenvalue weighted by molar-refractivity contribution is 6.11. The summed E-state index contributed by atoms with van der Waals surface area (Å²) in [4.78, 5) is 12.5. The standard InChI is InChI=1S/C13H14N2O3/c1-15-12(11(18-3)8-14-15)13(16)9-6-4-5-7-10(9)17-2/h4-8H,1-3H3. The van der Waals surface area contributed by atoms with Gasteiger partial charge in [-0.15, -0.1) is 0 Å². The lowest BCUT2D eigenvalue weighted by molar-refractivity contribution is 0.102. The molecule has 18 heavy (non-hydrogen) atoms. The predicted octanol–water partition coefficient (Wildman–Crippen LogP) is 1.67. The fourth-order valence-electron chi connectivity index (χ4n) is 1.79. The van der Waals surface area contributed by atoms with E-state index in [2.05, 4.69) is 5.10 Å². The van der Waals surface area contributed by atoms with Crippen LogP contribution in [0.1, 0.15) is 16.1 Å². The smallest absolute Gasteiger partial charge is 0.218 e. The Balaban J connectivity index is 2.51. The van der Waals surface area contributed by atoms with Crippen molar-refractivity contribution in [2.75, 3.05) is 14.2 Å². The molecule has 0 aliphatic rings. The molecule has 0 spiro atoms. The Bertz CT molecular complexity index is 575. The summed E-state index contributed by atoms with van der Waals surface area (Å²) >= 11 is 0. The van der Waals surface area contributed by atoms with Gasteiger partial charge in [-0.2, -0.15) is 5.10 Å². The molecule has 0 unspecified atom stereocenters. The van der Waals surface area contributed by atoms with Crippen LogP contribution in [-0.4, -0.2) is 29.8 Å². The van der Waals surface area contributed by atoms with Crippen LogP contribution in [0.5, 0.6) is 11.5 Å². The zero-order chi connectivity index (χ0) is 13.1. The van der Waals surface area contributed by atoms with Crippen molar-refractivity contribution in [3.05, 3.63) is 41.7 Å². The van der Waals surface area contributed by atoms with Crippen LogP contribution in [0, 0.1) is 0 Å². The number of aromatic nitrogens is 2. The van der Waals surface area contributed by atoms with Crippen LogP contribution < -0.4 is 9.47 Å². The molecule has 0 amide bonds. The maximum Gasteiger partial charge on any atom is 0.218 e. The molecule has 0 bridgehead atoms. The van der Waals surface area contributed by atoms with Crippen molar-refractivity contribution in [2.24, 2.45) is 7.05 Å². The number of aryl methyl sites for hydroxylation is 1. The van der Waals surface area contributed by atoms with E-state index >= 15 is 0 Å². The number of para-hydroxylation sites is 1. The second-order valence-corrected chi connectivity index (χ2v) is 3.71. The highest BCUT2D eigenvalue weighted by atomic mass is 16.5. The lowest BCUT2D eigenvalue weighted by Gasteiger charge is -2.08. The van der Waals surface area contributed by atoms with Crippen LogP contribution in [0.4, 0.5) is 0 Å². The van der Waals surface area contributed by atoms with E-state index in [1.54, 1.807) is 25.2 Å². The average Bonchev–Trinajstić information content (AvgIpc) is 2.79. The molecule has 1 heterocycles. The Morgan fingerprint density at radius 1 is 1.17 bits per heavy atom. The lowest BCUT2D eigenvalue weighted by atomic mass is 10.1. The summed E-state index contributed by atoms with van der Waals surface area (Å²) in [7, 11) is 4.74. The van der Waals surface area contributed by atoms with Crippen LogP contribution in [0.15, 0.2) is 30.5 Å². The monoisotopic (exact) mass is 246 g/mol. The van der Waals surface area contributed by atoms with Gasteiger partial charge in [0.15, 0.2) is 11.4 Å². The summed E-state index contributed by atoms with van der Waals surface area (Å²) in [5.41, 5.74) is 0.893. The number of ketones is 1. The summed E-state index contributed by atoms with van der Waals surface area (Å²) in [5, 5.41) is 4.02. The molecular weight excluding hydrogens is 232 g/mol. The average molecular weight is 246 g/mol. The Labute approximate surface area is 105 Å². The van der Waals surface area contributed by atoms with Crippen molar-refractivity contribution in [1.82, 2.24) is 9.78 Å². The molecule has 1 aromatic heterocycles. The van der Waals surface area contributed by atoms with Crippen LogP contribution in [0.25, 0.3) is 0 Å². The topological polar surface area (TPSA) is 53.4 Å². The number of carbonyl (C=O) groups excluding carboxylic acids is 1. The number of methoxy groups -OCH3 is 2. The van der Waals surface area contributed by atoms with Crippen LogP contribution in [0.2, 0.25) is 0 Å². The van der Waals surface area contributed by atoms with Crippen molar-refractivity contribution in [2.45, 2.75) is 0 Å². The van der Waals surface area contributed by atoms with Crippen LogP contribution in [-0.2, 0) is 7.05 Å². The van der Waals surface area contributed by atoms with E-state index < -0.39 is 0 Å². The van der Waals surface area contributed by atoms with Crippen LogP contribution in [0.3, 0.4) is 0 Å². The summed E-state index contributed by atoms with van der Waals surface area (Å²) in [6.07, 6.45) is 1.52. The van der Waals surface area contributed by atoms with Crippen molar-refractivity contribution >= 4 is 5.78 Å². The van der Waals surface area contributed by atoms with E-state index in [1.165, 1.54) is 25.1 Å². The Kier molecular flexibility index (Phi) is 3.32. The Hall–Kier alpha value is -2.30. The minimum Gasteiger partial charge on any atom is -0.496 e. The molecule has 0 aliphatic carbocycles. The molecule has 1 aromatic carbocycles. The minimum atomic E-state index is -0.177. The second kappa shape index (κ2) is 4.91. The first-order valence-corrected chi connectivity index (χ1v) is 5.42. The molecular formula is C13H14N2O3. The number of rotatable bonds is 4. The predicted molar refractivity (Wildman–Crippen MR) is 66.2 cm³/mol. The van der Waals surface area contributed by atoms with E-state index in [1.807, 2.05) is 6.07 Å². The first-order valence-electron chi connectivity index (χ1n) is 5.42. The third-order valence-corrected chi connectivity index (χ3v) is 2.69. The van der Waals surface area contributed by atoms with Crippen molar-refractivity contribution in [3.8, 4) is 11.5 Å². The molecule has 0 radical (unpaired) electrons. The van der Waals surface area contributed by atoms with Gasteiger partial charge in [0.1, 0.15) is 5.75 Å². The fraction of sp³-hybridized carbons (Fsp3) is 0.231. The highest BCUT2D eigenvalue weighted by Crippen LogP contribution is 2.25. The van der Waals surface area contributed by atoms with Crippen molar-refractivity contribution < 1.29 is 14.3 Å². The SMILES string of the molecule is COc1ccccc1C(=O)c1c(OC)cnn1C. The van der Waals surface area contributed by atoms with E-state index in [9.17, 15) is 4.79 Å². The molecule has 0 aliphatic heterocycles. The van der Waals surface area contributed by atoms with Gasteiger partial charge in [-0.1, -0.05) is 12.1 Å². The van der Waals surface area contributed by atoms with Gasteiger partial charge < -0.3 is 9.47 Å². The second-order valence-electron chi connectivity index (χ2n) is 3.71. The highest BCUT2D eigenvalue weighted by Gasteiger charge is 2.21. The molecule has 0 saturated carbocycles. The summed E-state index contributed by atoms with van der Waals surface area (Å²) in [6.45, 7) is 0. The number of hydrogen-bond acceptors (Lipinski definition) is 4. The summed E-state index contributed by atoms with van der Waals surface area (Å²) in [6, 6.07) is 7.07. The lowest BCUT2D eigenvalue weighted by Crippen LogP contribution is -2.10. The largest absolute Gasteiger partial charge is 0.496 e. The van der Waals surface area contributed by atoms with Crippen LogP contribution >= 0.6 is 0 Å². The number of ether oxygens (including phenoxy) is 2. The number of hydrogen-bond donors (Lipinski definition) is 0. The molecule has 0 saturated heterocycles.